The van der Waals surface area contributed by atoms with Gasteiger partial charge in [0.05, 0.1) is 5.92 Å². The monoisotopic (exact) mass is 256 g/mol. The van der Waals surface area contributed by atoms with Crippen molar-refractivity contribution in [3.63, 3.8) is 0 Å². The van der Waals surface area contributed by atoms with Crippen molar-refractivity contribution in [3.05, 3.63) is 0 Å². The van der Waals surface area contributed by atoms with Crippen LogP contribution in [-0.4, -0.2) is 17.4 Å². The zero-order valence-corrected chi connectivity index (χ0v) is 12.5. The van der Waals surface area contributed by atoms with E-state index in [1.165, 1.54) is 0 Å². The van der Waals surface area contributed by atoms with Crippen LogP contribution in [0.4, 0.5) is 0 Å². The first-order chi connectivity index (χ1) is 8.26. The van der Waals surface area contributed by atoms with Gasteiger partial charge in [-0.25, -0.2) is 0 Å². The van der Waals surface area contributed by atoms with Gasteiger partial charge in [-0.15, -0.1) is 0 Å². The van der Waals surface area contributed by atoms with E-state index in [4.69, 9.17) is 4.74 Å². The SMILES string of the molecule is CCC(CCCCCC(C)=O)C(=O)OC(C)(C)C. The molecule has 0 amide bonds. The van der Waals surface area contributed by atoms with E-state index in [1.807, 2.05) is 27.7 Å². The molecule has 0 aliphatic carbocycles. The molecule has 0 heterocycles. The third-order valence-corrected chi connectivity index (χ3v) is 2.81. The summed E-state index contributed by atoms with van der Waals surface area (Å²) >= 11 is 0. The molecule has 0 aromatic carbocycles. The fourth-order valence-corrected chi connectivity index (χ4v) is 1.82. The Labute approximate surface area is 111 Å². The summed E-state index contributed by atoms with van der Waals surface area (Å²) < 4.78 is 5.39. The Morgan fingerprint density at radius 2 is 1.72 bits per heavy atom. The van der Waals surface area contributed by atoms with E-state index in [0.717, 1.165) is 32.1 Å². The highest BCUT2D eigenvalue weighted by molar-refractivity contribution is 5.75. The van der Waals surface area contributed by atoms with Gasteiger partial charge in [0.15, 0.2) is 0 Å². The van der Waals surface area contributed by atoms with Gasteiger partial charge in [0.1, 0.15) is 11.4 Å². The second kappa shape index (κ2) is 8.28. The molecule has 3 nitrogen and oxygen atoms in total. The van der Waals surface area contributed by atoms with Crippen molar-refractivity contribution in [2.75, 3.05) is 0 Å². The van der Waals surface area contributed by atoms with E-state index in [1.54, 1.807) is 6.92 Å². The Morgan fingerprint density at radius 1 is 1.11 bits per heavy atom. The number of hydrogen-bond acceptors (Lipinski definition) is 3. The van der Waals surface area contributed by atoms with Gasteiger partial charge < -0.3 is 9.53 Å². The van der Waals surface area contributed by atoms with E-state index in [9.17, 15) is 9.59 Å². The number of hydrogen-bond donors (Lipinski definition) is 0. The van der Waals surface area contributed by atoms with E-state index < -0.39 is 5.60 Å². The zero-order valence-electron chi connectivity index (χ0n) is 12.5. The number of rotatable bonds is 8. The Kier molecular flexibility index (Phi) is 7.88. The summed E-state index contributed by atoms with van der Waals surface area (Å²) in [6.07, 6.45) is 5.28. The Hall–Kier alpha value is -0.860. The molecule has 0 rings (SSSR count). The third-order valence-electron chi connectivity index (χ3n) is 2.81. The lowest BCUT2D eigenvalue weighted by Crippen LogP contribution is -2.28. The van der Waals surface area contributed by atoms with Crippen LogP contribution in [0, 0.1) is 5.92 Å². The molecule has 0 aliphatic rings. The standard InChI is InChI=1S/C15H28O3/c1-6-13(14(17)18-15(3,4)5)11-9-7-8-10-12(2)16/h13H,6-11H2,1-5H3. The van der Waals surface area contributed by atoms with Crippen molar-refractivity contribution in [1.29, 1.82) is 0 Å². The average Bonchev–Trinajstić information content (AvgIpc) is 2.20. The van der Waals surface area contributed by atoms with Gasteiger partial charge in [-0.3, -0.25) is 4.79 Å². The van der Waals surface area contributed by atoms with Crippen LogP contribution in [0.1, 0.15) is 73.1 Å². The summed E-state index contributed by atoms with van der Waals surface area (Å²) in [5.74, 6) is 0.160. The van der Waals surface area contributed by atoms with E-state index in [2.05, 4.69) is 0 Å². The second-order valence-electron chi connectivity index (χ2n) is 5.94. The highest BCUT2D eigenvalue weighted by Gasteiger charge is 2.23. The molecule has 0 aromatic heterocycles. The number of carbonyl (C=O) groups is 2. The van der Waals surface area contributed by atoms with Crippen LogP contribution in [-0.2, 0) is 14.3 Å². The predicted octanol–water partition coefficient (Wildman–Crippen LogP) is 3.89. The van der Waals surface area contributed by atoms with Crippen LogP contribution in [0.3, 0.4) is 0 Å². The van der Waals surface area contributed by atoms with Crippen molar-refractivity contribution in [2.24, 2.45) is 5.92 Å². The van der Waals surface area contributed by atoms with Gasteiger partial charge in [-0.1, -0.05) is 19.8 Å². The quantitative estimate of drug-likeness (QED) is 0.489. The minimum absolute atomic E-state index is 0.00144. The van der Waals surface area contributed by atoms with Crippen LogP contribution >= 0.6 is 0 Å². The second-order valence-corrected chi connectivity index (χ2v) is 5.94. The molecular weight excluding hydrogens is 228 g/mol. The van der Waals surface area contributed by atoms with Crippen LogP contribution in [0.25, 0.3) is 0 Å². The minimum Gasteiger partial charge on any atom is -0.460 e. The van der Waals surface area contributed by atoms with Crippen LogP contribution in [0.15, 0.2) is 0 Å². The van der Waals surface area contributed by atoms with Gasteiger partial charge in [-0.05, 0) is 47.0 Å². The molecule has 106 valence electrons. The first-order valence-electron chi connectivity index (χ1n) is 6.98. The summed E-state index contributed by atoms with van der Waals surface area (Å²) in [6, 6.07) is 0. The fraction of sp³-hybridized carbons (Fsp3) is 0.867. The molecule has 0 bridgehead atoms. The van der Waals surface area contributed by atoms with E-state index >= 15 is 0 Å². The molecule has 0 saturated carbocycles. The molecule has 0 radical (unpaired) electrons. The minimum atomic E-state index is -0.404. The number of carbonyl (C=O) groups excluding carboxylic acids is 2. The summed E-state index contributed by atoms with van der Waals surface area (Å²) in [6.45, 7) is 9.32. The van der Waals surface area contributed by atoms with Crippen LogP contribution in [0.2, 0.25) is 0 Å². The largest absolute Gasteiger partial charge is 0.460 e. The summed E-state index contributed by atoms with van der Waals surface area (Å²) in [4.78, 5) is 22.7. The van der Waals surface area contributed by atoms with Crippen molar-refractivity contribution in [2.45, 2.75) is 78.7 Å². The van der Waals surface area contributed by atoms with Crippen molar-refractivity contribution in [3.8, 4) is 0 Å². The van der Waals surface area contributed by atoms with Gasteiger partial charge in [-0.2, -0.15) is 0 Å². The van der Waals surface area contributed by atoms with Gasteiger partial charge >= 0.3 is 5.97 Å². The fourth-order valence-electron chi connectivity index (χ4n) is 1.82. The first-order valence-corrected chi connectivity index (χ1v) is 6.98. The van der Waals surface area contributed by atoms with Crippen molar-refractivity contribution in [1.82, 2.24) is 0 Å². The Morgan fingerprint density at radius 3 is 2.17 bits per heavy atom. The van der Waals surface area contributed by atoms with Gasteiger partial charge in [0, 0.05) is 6.42 Å². The zero-order chi connectivity index (χ0) is 14.2. The Bertz CT molecular complexity index is 263. The topological polar surface area (TPSA) is 43.4 Å². The molecule has 0 aromatic rings. The molecule has 0 spiro atoms. The maximum absolute atomic E-state index is 11.9. The molecular formula is C15H28O3. The highest BCUT2D eigenvalue weighted by atomic mass is 16.6. The smallest absolute Gasteiger partial charge is 0.309 e. The summed E-state index contributed by atoms with van der Waals surface area (Å²) in [5, 5.41) is 0. The van der Waals surface area contributed by atoms with Crippen LogP contribution in [0.5, 0.6) is 0 Å². The normalized spacial score (nSPS) is 13.2. The molecule has 0 N–H and O–H groups in total. The maximum atomic E-state index is 11.9. The third kappa shape index (κ3) is 9.20. The van der Waals surface area contributed by atoms with Crippen molar-refractivity contribution >= 4 is 11.8 Å². The molecule has 0 fully saturated rings. The lowest BCUT2D eigenvalue weighted by atomic mass is 9.97. The van der Waals surface area contributed by atoms with Crippen LogP contribution < -0.4 is 0 Å². The molecule has 0 saturated heterocycles. The summed E-state index contributed by atoms with van der Waals surface area (Å²) in [7, 11) is 0. The average molecular weight is 256 g/mol. The predicted molar refractivity (Wildman–Crippen MR) is 73.4 cm³/mol. The van der Waals surface area contributed by atoms with Crippen molar-refractivity contribution < 1.29 is 14.3 Å². The number of unbranched alkanes of at least 4 members (excludes halogenated alkanes) is 2. The number of ether oxygens (including phenoxy) is 1. The molecule has 1 atom stereocenters. The van der Waals surface area contributed by atoms with Gasteiger partial charge in [0.25, 0.3) is 0 Å². The number of ketones is 1. The Balaban J connectivity index is 3.89. The molecule has 3 heteroatoms. The number of esters is 1. The highest BCUT2D eigenvalue weighted by Crippen LogP contribution is 2.19. The first kappa shape index (κ1) is 17.1. The summed E-state index contributed by atoms with van der Waals surface area (Å²) in [5.41, 5.74) is -0.404. The van der Waals surface area contributed by atoms with Gasteiger partial charge in [0.2, 0.25) is 0 Å². The van der Waals surface area contributed by atoms with E-state index in [0.29, 0.717) is 6.42 Å². The number of Topliss-reactive ketones (excluding diaryl/α,β-unsaturated/α-hetero) is 1. The molecule has 0 aliphatic heterocycles. The van der Waals surface area contributed by atoms with E-state index in [-0.39, 0.29) is 17.7 Å². The molecule has 1 unspecified atom stereocenters. The maximum Gasteiger partial charge on any atom is 0.309 e. The lowest BCUT2D eigenvalue weighted by molar-refractivity contribution is -0.160. The lowest BCUT2D eigenvalue weighted by Gasteiger charge is -2.23. The molecule has 18 heavy (non-hydrogen) atoms.